The molecular formula is C22H24ClN5O. The third-order valence-electron chi connectivity index (χ3n) is 4.53. The Morgan fingerprint density at radius 1 is 1.10 bits per heavy atom. The summed E-state index contributed by atoms with van der Waals surface area (Å²) in [5, 5.41) is 12.1. The van der Waals surface area contributed by atoms with Crippen molar-refractivity contribution in [1.82, 2.24) is 15.2 Å². The maximum Gasteiger partial charge on any atom is 0.259 e. The lowest BCUT2D eigenvalue weighted by atomic mass is 10.1. The highest BCUT2D eigenvalue weighted by atomic mass is 35.5. The van der Waals surface area contributed by atoms with Gasteiger partial charge in [-0.2, -0.15) is 10.2 Å². The number of carbonyl (C=O) groups excluding carboxylic acids is 1. The van der Waals surface area contributed by atoms with Crippen LogP contribution in [0.25, 0.3) is 5.69 Å². The molecule has 0 aliphatic rings. The minimum Gasteiger partial charge on any atom is -0.376 e. The fourth-order valence-corrected chi connectivity index (χ4v) is 3.14. The summed E-state index contributed by atoms with van der Waals surface area (Å²) in [6.07, 6.45) is 1.52. The molecule has 0 aliphatic heterocycles. The van der Waals surface area contributed by atoms with E-state index in [4.69, 9.17) is 11.6 Å². The van der Waals surface area contributed by atoms with Crippen LogP contribution in [0.5, 0.6) is 0 Å². The zero-order valence-corrected chi connectivity index (χ0v) is 17.7. The molecule has 0 saturated heterocycles. The van der Waals surface area contributed by atoms with E-state index in [9.17, 15) is 4.79 Å². The van der Waals surface area contributed by atoms with Crippen LogP contribution >= 0.6 is 11.6 Å². The zero-order valence-electron chi connectivity index (χ0n) is 17.0. The van der Waals surface area contributed by atoms with Gasteiger partial charge in [0.05, 0.1) is 29.7 Å². The van der Waals surface area contributed by atoms with Gasteiger partial charge >= 0.3 is 0 Å². The molecule has 3 rings (SSSR count). The van der Waals surface area contributed by atoms with E-state index in [0.29, 0.717) is 10.7 Å². The maximum absolute atomic E-state index is 12.0. The Bertz CT molecular complexity index is 1050. The van der Waals surface area contributed by atoms with Gasteiger partial charge in [0.2, 0.25) is 0 Å². The highest BCUT2D eigenvalue weighted by molar-refractivity contribution is 6.32. The van der Waals surface area contributed by atoms with E-state index in [1.807, 2.05) is 70.2 Å². The first kappa shape index (κ1) is 20.6. The Morgan fingerprint density at radius 3 is 2.52 bits per heavy atom. The molecule has 0 bridgehead atoms. The fourth-order valence-electron chi connectivity index (χ4n) is 2.83. The van der Waals surface area contributed by atoms with E-state index in [1.165, 1.54) is 11.8 Å². The van der Waals surface area contributed by atoms with Crippen LogP contribution in [0.2, 0.25) is 5.15 Å². The van der Waals surface area contributed by atoms with Crippen molar-refractivity contribution in [2.24, 2.45) is 5.10 Å². The highest BCUT2D eigenvalue weighted by Gasteiger charge is 2.15. The van der Waals surface area contributed by atoms with Gasteiger partial charge in [-0.05, 0) is 57.0 Å². The van der Waals surface area contributed by atoms with Crippen molar-refractivity contribution in [3.63, 3.8) is 0 Å². The minimum atomic E-state index is -0.252. The number of anilines is 1. The molecule has 29 heavy (non-hydrogen) atoms. The number of aryl methyl sites for hydroxylation is 4. The second-order valence-electron chi connectivity index (χ2n) is 7.00. The quantitative estimate of drug-likeness (QED) is 0.470. The van der Waals surface area contributed by atoms with Gasteiger partial charge in [0.1, 0.15) is 5.15 Å². The molecule has 0 saturated carbocycles. The predicted molar refractivity (Wildman–Crippen MR) is 118 cm³/mol. The standard InChI is InChI=1S/C22H24ClN5O/c1-14-6-9-18(10-7-14)24-13-21(29)26-25-12-19-17(4)27-28(22(19)23)20-11-15(2)5-8-16(20)3/h5-12,24H,13H2,1-4H3,(H,26,29)/b25-12-. The van der Waals surface area contributed by atoms with Crippen molar-refractivity contribution in [1.29, 1.82) is 0 Å². The molecule has 0 unspecified atom stereocenters. The number of hydrogen-bond acceptors (Lipinski definition) is 4. The van der Waals surface area contributed by atoms with Crippen LogP contribution in [0.3, 0.4) is 0 Å². The van der Waals surface area contributed by atoms with Gasteiger partial charge in [-0.15, -0.1) is 0 Å². The summed E-state index contributed by atoms with van der Waals surface area (Å²) in [5.74, 6) is -0.252. The van der Waals surface area contributed by atoms with Crippen LogP contribution in [0.4, 0.5) is 5.69 Å². The van der Waals surface area contributed by atoms with Crippen molar-refractivity contribution in [3.05, 3.63) is 75.6 Å². The average molecular weight is 410 g/mol. The Balaban J connectivity index is 1.66. The van der Waals surface area contributed by atoms with Gasteiger partial charge in [0, 0.05) is 5.69 Å². The van der Waals surface area contributed by atoms with E-state index in [0.717, 1.165) is 28.2 Å². The summed E-state index contributed by atoms with van der Waals surface area (Å²) in [5.41, 5.74) is 9.06. The number of nitrogens with zero attached hydrogens (tertiary/aromatic N) is 3. The van der Waals surface area contributed by atoms with Gasteiger partial charge in [-0.1, -0.05) is 41.4 Å². The predicted octanol–water partition coefficient (Wildman–Crippen LogP) is 4.32. The number of benzene rings is 2. The molecule has 1 heterocycles. The Labute approximate surface area is 175 Å². The van der Waals surface area contributed by atoms with Gasteiger partial charge in [-0.3, -0.25) is 4.79 Å². The highest BCUT2D eigenvalue weighted by Crippen LogP contribution is 2.24. The smallest absolute Gasteiger partial charge is 0.259 e. The molecule has 150 valence electrons. The van der Waals surface area contributed by atoms with Crippen molar-refractivity contribution in [2.75, 3.05) is 11.9 Å². The number of aromatic nitrogens is 2. The number of amides is 1. The van der Waals surface area contributed by atoms with E-state index in [-0.39, 0.29) is 12.5 Å². The molecule has 2 N–H and O–H groups in total. The molecular weight excluding hydrogens is 386 g/mol. The lowest BCUT2D eigenvalue weighted by Gasteiger charge is -2.08. The summed E-state index contributed by atoms with van der Waals surface area (Å²) in [4.78, 5) is 12.0. The third-order valence-corrected chi connectivity index (χ3v) is 4.89. The lowest BCUT2D eigenvalue weighted by molar-refractivity contribution is -0.119. The van der Waals surface area contributed by atoms with E-state index in [2.05, 4.69) is 20.9 Å². The Hall–Kier alpha value is -3.12. The summed E-state index contributed by atoms with van der Waals surface area (Å²) < 4.78 is 1.70. The normalized spacial score (nSPS) is 11.1. The van der Waals surface area contributed by atoms with Crippen molar-refractivity contribution >= 4 is 29.4 Å². The topological polar surface area (TPSA) is 71.3 Å². The molecule has 2 aromatic carbocycles. The second-order valence-corrected chi connectivity index (χ2v) is 7.36. The molecule has 3 aromatic rings. The average Bonchev–Trinajstić information content (AvgIpc) is 2.97. The molecule has 7 heteroatoms. The first-order chi connectivity index (χ1) is 13.8. The minimum absolute atomic E-state index is 0.120. The van der Waals surface area contributed by atoms with Gasteiger partial charge in [-0.25, -0.2) is 10.1 Å². The van der Waals surface area contributed by atoms with Gasteiger partial charge in [0.25, 0.3) is 5.91 Å². The van der Waals surface area contributed by atoms with Crippen LogP contribution in [0.1, 0.15) is 27.9 Å². The summed E-state index contributed by atoms with van der Waals surface area (Å²) in [6, 6.07) is 13.9. The molecule has 6 nitrogen and oxygen atoms in total. The van der Waals surface area contributed by atoms with E-state index in [1.54, 1.807) is 4.68 Å². The number of nitrogens with one attached hydrogen (secondary N) is 2. The van der Waals surface area contributed by atoms with Crippen LogP contribution in [-0.2, 0) is 4.79 Å². The van der Waals surface area contributed by atoms with Crippen LogP contribution < -0.4 is 10.7 Å². The summed E-state index contributed by atoms with van der Waals surface area (Å²) in [7, 11) is 0. The van der Waals surface area contributed by atoms with Crippen LogP contribution in [-0.4, -0.2) is 28.4 Å². The number of halogens is 1. The molecule has 0 fully saturated rings. The summed E-state index contributed by atoms with van der Waals surface area (Å²) >= 11 is 6.54. The first-order valence-electron chi connectivity index (χ1n) is 9.30. The first-order valence-corrected chi connectivity index (χ1v) is 9.68. The van der Waals surface area contributed by atoms with Crippen LogP contribution in [0, 0.1) is 27.7 Å². The Morgan fingerprint density at radius 2 is 1.79 bits per heavy atom. The molecule has 0 spiro atoms. The van der Waals surface area contributed by atoms with Crippen molar-refractivity contribution in [2.45, 2.75) is 27.7 Å². The number of carbonyl (C=O) groups is 1. The number of hydrazone groups is 1. The zero-order chi connectivity index (χ0) is 21.0. The second kappa shape index (κ2) is 8.92. The van der Waals surface area contributed by atoms with Crippen LogP contribution in [0.15, 0.2) is 47.6 Å². The summed E-state index contributed by atoms with van der Waals surface area (Å²) in [6.45, 7) is 8.03. The maximum atomic E-state index is 12.0. The largest absolute Gasteiger partial charge is 0.376 e. The number of rotatable bonds is 6. The van der Waals surface area contributed by atoms with Crippen molar-refractivity contribution < 1.29 is 4.79 Å². The van der Waals surface area contributed by atoms with E-state index >= 15 is 0 Å². The molecule has 1 amide bonds. The van der Waals surface area contributed by atoms with Gasteiger partial charge in [0.15, 0.2) is 0 Å². The fraction of sp³-hybridized carbons (Fsp3) is 0.227. The molecule has 0 atom stereocenters. The molecule has 1 aromatic heterocycles. The van der Waals surface area contributed by atoms with Crippen molar-refractivity contribution in [3.8, 4) is 5.69 Å². The SMILES string of the molecule is Cc1ccc(NCC(=O)N/N=C\c2c(C)nn(-c3cc(C)ccc3C)c2Cl)cc1. The van der Waals surface area contributed by atoms with Gasteiger partial charge < -0.3 is 5.32 Å². The van der Waals surface area contributed by atoms with E-state index < -0.39 is 0 Å². The number of hydrogen-bond donors (Lipinski definition) is 2. The Kier molecular flexibility index (Phi) is 6.34. The molecule has 0 aliphatic carbocycles. The monoisotopic (exact) mass is 409 g/mol. The molecule has 0 radical (unpaired) electrons. The lowest BCUT2D eigenvalue weighted by Crippen LogP contribution is -2.25. The third kappa shape index (κ3) is 5.03.